The van der Waals surface area contributed by atoms with E-state index in [1.54, 1.807) is 6.07 Å². The number of aliphatic carboxylic acids is 1. The molecular weight excluding hydrogens is 266 g/mol. The summed E-state index contributed by atoms with van der Waals surface area (Å²) in [7, 11) is 0. The molecule has 0 saturated heterocycles. The van der Waals surface area contributed by atoms with Crippen molar-refractivity contribution in [2.75, 3.05) is 5.32 Å². The van der Waals surface area contributed by atoms with Gasteiger partial charge in [0.05, 0.1) is 30.5 Å². The first kappa shape index (κ1) is 13.5. The zero-order chi connectivity index (χ0) is 14.4. The van der Waals surface area contributed by atoms with Crippen LogP contribution in [0.15, 0.2) is 29.2 Å². The Morgan fingerprint density at radius 1 is 1.30 bits per heavy atom. The summed E-state index contributed by atoms with van der Waals surface area (Å²) < 4.78 is 4.52. The molecule has 104 valence electrons. The number of carbonyl (C=O) groups is 2. The van der Waals surface area contributed by atoms with Crippen LogP contribution in [0.5, 0.6) is 0 Å². The van der Waals surface area contributed by atoms with Crippen molar-refractivity contribution in [1.82, 2.24) is 20.4 Å². The monoisotopic (exact) mass is 277 g/mol. The Balaban J connectivity index is 1.83. The molecule has 0 atom stereocenters. The van der Waals surface area contributed by atoms with Crippen LogP contribution in [0, 0.1) is 0 Å². The molecule has 2 rings (SSSR count). The van der Waals surface area contributed by atoms with E-state index in [1.807, 2.05) is 0 Å². The average molecular weight is 277 g/mol. The molecule has 0 aliphatic heterocycles. The molecule has 0 unspecified atom stereocenters. The van der Waals surface area contributed by atoms with Crippen LogP contribution < -0.4 is 10.6 Å². The van der Waals surface area contributed by atoms with Gasteiger partial charge in [-0.3, -0.25) is 9.78 Å². The summed E-state index contributed by atoms with van der Waals surface area (Å²) in [6.45, 7) is 0.132. The van der Waals surface area contributed by atoms with E-state index in [9.17, 15) is 9.59 Å². The maximum Gasteiger partial charge on any atom is 0.319 e. The molecule has 9 heteroatoms. The first-order valence-corrected chi connectivity index (χ1v) is 5.60. The smallest absolute Gasteiger partial charge is 0.319 e. The quantitative estimate of drug-likeness (QED) is 0.721. The number of hydrogen-bond donors (Lipinski definition) is 3. The number of aromatic nitrogens is 3. The second-order valence-corrected chi connectivity index (χ2v) is 3.76. The number of carboxylic acids is 1. The SMILES string of the molecule is O=C(O)Cc1ccc(NC(=O)NCc2ncon2)cn1. The summed E-state index contributed by atoms with van der Waals surface area (Å²) in [6.07, 6.45) is 2.39. The Morgan fingerprint density at radius 3 is 2.75 bits per heavy atom. The minimum absolute atomic E-state index is 0.132. The molecule has 9 nitrogen and oxygen atoms in total. The standard InChI is InChI=1S/C11H11N5O4/c17-10(18)3-7-1-2-8(4-12-7)15-11(19)13-5-9-14-6-20-16-9/h1-2,4,6H,3,5H2,(H,17,18)(H2,13,15,19). The lowest BCUT2D eigenvalue weighted by Crippen LogP contribution is -2.28. The normalized spacial score (nSPS) is 10.0. The fourth-order valence-corrected chi connectivity index (χ4v) is 1.36. The van der Waals surface area contributed by atoms with E-state index in [0.29, 0.717) is 17.2 Å². The summed E-state index contributed by atoms with van der Waals surface area (Å²) >= 11 is 0. The molecule has 2 amide bonds. The van der Waals surface area contributed by atoms with Gasteiger partial charge in [-0.2, -0.15) is 4.98 Å². The molecule has 0 aliphatic rings. The van der Waals surface area contributed by atoms with Gasteiger partial charge in [-0.05, 0) is 12.1 Å². The minimum atomic E-state index is -0.962. The summed E-state index contributed by atoms with van der Waals surface area (Å²) in [6, 6.07) is 2.64. The average Bonchev–Trinajstić information content (AvgIpc) is 2.91. The van der Waals surface area contributed by atoms with E-state index < -0.39 is 12.0 Å². The Labute approximate surface area is 113 Å². The van der Waals surface area contributed by atoms with Crippen LogP contribution in [-0.4, -0.2) is 32.2 Å². The van der Waals surface area contributed by atoms with Crippen LogP contribution in [0.1, 0.15) is 11.5 Å². The first-order valence-electron chi connectivity index (χ1n) is 5.60. The molecule has 0 bridgehead atoms. The fraction of sp³-hybridized carbons (Fsp3) is 0.182. The predicted octanol–water partition coefficient (Wildman–Crippen LogP) is 0.413. The van der Waals surface area contributed by atoms with Crippen molar-refractivity contribution in [1.29, 1.82) is 0 Å². The molecule has 20 heavy (non-hydrogen) atoms. The van der Waals surface area contributed by atoms with Crippen LogP contribution in [-0.2, 0) is 17.8 Å². The highest BCUT2D eigenvalue weighted by atomic mass is 16.5. The number of rotatable bonds is 5. The topological polar surface area (TPSA) is 130 Å². The highest BCUT2D eigenvalue weighted by Gasteiger charge is 2.05. The van der Waals surface area contributed by atoms with E-state index in [2.05, 4.69) is 30.3 Å². The molecule has 2 heterocycles. The number of amides is 2. The third kappa shape index (κ3) is 4.05. The van der Waals surface area contributed by atoms with E-state index in [0.717, 1.165) is 0 Å². The summed E-state index contributed by atoms with van der Waals surface area (Å²) in [5.74, 6) is -0.605. The maximum atomic E-state index is 11.5. The highest BCUT2D eigenvalue weighted by molar-refractivity contribution is 5.88. The molecule has 0 fully saturated rings. The van der Waals surface area contributed by atoms with Gasteiger partial charge in [0, 0.05) is 0 Å². The van der Waals surface area contributed by atoms with E-state index >= 15 is 0 Å². The van der Waals surface area contributed by atoms with Gasteiger partial charge in [-0.1, -0.05) is 5.16 Å². The van der Waals surface area contributed by atoms with Crippen molar-refractivity contribution in [3.63, 3.8) is 0 Å². The van der Waals surface area contributed by atoms with Crippen molar-refractivity contribution in [3.05, 3.63) is 36.2 Å². The molecule has 0 radical (unpaired) electrons. The Morgan fingerprint density at radius 2 is 2.15 bits per heavy atom. The summed E-state index contributed by atoms with van der Waals surface area (Å²) in [5, 5.41) is 17.2. The molecule has 0 saturated carbocycles. The van der Waals surface area contributed by atoms with Gasteiger partial charge in [-0.25, -0.2) is 4.79 Å². The van der Waals surface area contributed by atoms with E-state index in [1.165, 1.54) is 18.7 Å². The lowest BCUT2D eigenvalue weighted by atomic mass is 10.2. The third-order valence-electron chi connectivity index (χ3n) is 2.23. The highest BCUT2D eigenvalue weighted by Crippen LogP contribution is 2.06. The predicted molar refractivity (Wildman–Crippen MR) is 65.7 cm³/mol. The van der Waals surface area contributed by atoms with Crippen LogP contribution in [0.3, 0.4) is 0 Å². The lowest BCUT2D eigenvalue weighted by Gasteiger charge is -2.06. The van der Waals surface area contributed by atoms with Crippen LogP contribution in [0.4, 0.5) is 10.5 Å². The zero-order valence-corrected chi connectivity index (χ0v) is 10.2. The van der Waals surface area contributed by atoms with E-state index in [4.69, 9.17) is 5.11 Å². The Bertz CT molecular complexity index is 581. The van der Waals surface area contributed by atoms with Crippen LogP contribution in [0.25, 0.3) is 0 Å². The van der Waals surface area contributed by atoms with Gasteiger partial charge in [0.1, 0.15) is 0 Å². The Hall–Kier alpha value is -2.97. The Kier molecular flexibility index (Phi) is 4.22. The first-order chi connectivity index (χ1) is 9.63. The molecule has 0 aromatic carbocycles. The number of carbonyl (C=O) groups excluding carboxylic acids is 1. The number of hydrogen-bond acceptors (Lipinski definition) is 6. The number of carboxylic acid groups (broad SMARTS) is 1. The van der Waals surface area contributed by atoms with Crippen LogP contribution in [0.2, 0.25) is 0 Å². The van der Waals surface area contributed by atoms with Crippen molar-refractivity contribution in [2.24, 2.45) is 0 Å². The minimum Gasteiger partial charge on any atom is -0.481 e. The number of nitrogens with one attached hydrogen (secondary N) is 2. The van der Waals surface area contributed by atoms with Crippen molar-refractivity contribution in [2.45, 2.75) is 13.0 Å². The van der Waals surface area contributed by atoms with Crippen molar-refractivity contribution in [3.8, 4) is 0 Å². The van der Waals surface area contributed by atoms with Gasteiger partial charge >= 0.3 is 12.0 Å². The summed E-state index contributed by atoms with van der Waals surface area (Å²) in [5.41, 5.74) is 0.861. The molecule has 2 aromatic rings. The van der Waals surface area contributed by atoms with Crippen LogP contribution >= 0.6 is 0 Å². The third-order valence-corrected chi connectivity index (χ3v) is 2.23. The molecule has 2 aromatic heterocycles. The van der Waals surface area contributed by atoms with E-state index in [-0.39, 0.29) is 13.0 Å². The number of nitrogens with zero attached hydrogens (tertiary/aromatic N) is 3. The van der Waals surface area contributed by atoms with Crippen molar-refractivity contribution < 1.29 is 19.2 Å². The molecular formula is C11H11N5O4. The maximum absolute atomic E-state index is 11.5. The lowest BCUT2D eigenvalue weighted by molar-refractivity contribution is -0.136. The second-order valence-electron chi connectivity index (χ2n) is 3.76. The van der Waals surface area contributed by atoms with Gasteiger partial charge in [0.25, 0.3) is 0 Å². The number of anilines is 1. The van der Waals surface area contributed by atoms with Gasteiger partial charge in [-0.15, -0.1) is 0 Å². The van der Waals surface area contributed by atoms with Gasteiger partial charge in [0.15, 0.2) is 5.82 Å². The molecule has 3 N–H and O–H groups in total. The number of pyridine rings is 1. The fourth-order valence-electron chi connectivity index (χ4n) is 1.36. The second kappa shape index (κ2) is 6.27. The molecule has 0 aliphatic carbocycles. The largest absolute Gasteiger partial charge is 0.481 e. The molecule has 0 spiro atoms. The van der Waals surface area contributed by atoms with Crippen molar-refractivity contribution >= 4 is 17.7 Å². The number of urea groups is 1. The van der Waals surface area contributed by atoms with Gasteiger partial charge < -0.3 is 20.3 Å². The summed E-state index contributed by atoms with van der Waals surface area (Å²) in [4.78, 5) is 29.7. The zero-order valence-electron chi connectivity index (χ0n) is 10.2. The van der Waals surface area contributed by atoms with Gasteiger partial charge in [0.2, 0.25) is 6.39 Å².